The number of carbonyl (C=O) groups excluding carboxylic acids is 1. The molecular formula is C29H33F3N4O3. The second-order valence-electron chi connectivity index (χ2n) is 10.1. The van der Waals surface area contributed by atoms with Crippen LogP contribution in [0.1, 0.15) is 66.8 Å². The first-order chi connectivity index (χ1) is 18.6. The van der Waals surface area contributed by atoms with Crippen LogP contribution in [0.25, 0.3) is 5.69 Å². The number of nitrogens with one attached hydrogen (secondary N) is 2. The summed E-state index contributed by atoms with van der Waals surface area (Å²) in [6.07, 6.45) is 0.823. The molecule has 7 nitrogen and oxygen atoms in total. The van der Waals surface area contributed by atoms with Gasteiger partial charge < -0.3 is 15.7 Å². The maximum absolute atomic E-state index is 13.6. The number of carboxylic acids is 1. The highest BCUT2D eigenvalue weighted by Crippen LogP contribution is 2.37. The van der Waals surface area contributed by atoms with Gasteiger partial charge in [-0.2, -0.15) is 18.3 Å². The molecule has 1 aliphatic carbocycles. The quantitative estimate of drug-likeness (QED) is 0.271. The van der Waals surface area contributed by atoms with Crippen molar-refractivity contribution in [2.24, 2.45) is 5.92 Å². The number of hydrogen-bond donors (Lipinski definition) is 3. The Balaban J connectivity index is 1.25. The van der Waals surface area contributed by atoms with Crippen LogP contribution in [0.3, 0.4) is 0 Å². The Hall–Kier alpha value is -3.66. The lowest BCUT2D eigenvalue weighted by Crippen LogP contribution is -2.22. The molecule has 0 spiro atoms. The van der Waals surface area contributed by atoms with Gasteiger partial charge in [0.15, 0.2) is 5.69 Å². The van der Waals surface area contributed by atoms with Crippen LogP contribution >= 0.6 is 0 Å². The summed E-state index contributed by atoms with van der Waals surface area (Å²) in [6.45, 7) is 1.94. The second-order valence-corrected chi connectivity index (χ2v) is 10.1. The molecule has 1 aromatic heterocycles. The highest BCUT2D eigenvalue weighted by atomic mass is 19.4. The molecule has 3 aromatic rings. The molecule has 1 saturated carbocycles. The number of anilines is 1. The third kappa shape index (κ3) is 7.69. The van der Waals surface area contributed by atoms with Gasteiger partial charge in [-0.1, -0.05) is 30.3 Å². The van der Waals surface area contributed by atoms with Crippen LogP contribution in [0.2, 0.25) is 0 Å². The maximum Gasteiger partial charge on any atom is 0.435 e. The molecule has 0 unspecified atom stereocenters. The molecule has 1 heterocycles. The standard InChI is InChI=1S/C29H33F3N4O3/c1-19-4-2-3-5-25(19)36-18-23(28(35-36)29(30,31)32)17-33-15-14-26(37)34-24-12-10-22(11-13-24)21-8-6-20(7-9-21)16-27(38)39/h2-5,10-13,18,20-21,33H,6-9,14-17H2,1H3,(H,34,37)(H,38,39)/t20-,21-. The van der Waals surface area contributed by atoms with Gasteiger partial charge in [0, 0.05) is 43.4 Å². The van der Waals surface area contributed by atoms with Crippen molar-refractivity contribution in [1.82, 2.24) is 15.1 Å². The first kappa shape index (κ1) is 28.4. The summed E-state index contributed by atoms with van der Waals surface area (Å²) in [4.78, 5) is 23.3. The van der Waals surface area contributed by atoms with Gasteiger partial charge in [-0.15, -0.1) is 0 Å². The molecule has 208 valence electrons. The molecule has 1 aliphatic rings. The molecule has 1 amide bonds. The van der Waals surface area contributed by atoms with E-state index in [-0.39, 0.29) is 43.3 Å². The minimum absolute atomic E-state index is 0.0127. The van der Waals surface area contributed by atoms with Crippen LogP contribution in [0.15, 0.2) is 54.7 Å². The molecule has 4 rings (SSSR count). The topological polar surface area (TPSA) is 96.2 Å². The van der Waals surface area contributed by atoms with Crippen molar-refractivity contribution < 1.29 is 27.9 Å². The van der Waals surface area contributed by atoms with E-state index in [0.29, 0.717) is 17.3 Å². The lowest BCUT2D eigenvalue weighted by molar-refractivity contribution is -0.142. The fourth-order valence-corrected chi connectivity index (χ4v) is 5.16. The smallest absolute Gasteiger partial charge is 0.435 e. The van der Waals surface area contributed by atoms with E-state index in [1.807, 2.05) is 43.3 Å². The summed E-state index contributed by atoms with van der Waals surface area (Å²) >= 11 is 0. The van der Waals surface area contributed by atoms with Crippen molar-refractivity contribution in [2.45, 2.75) is 64.1 Å². The van der Waals surface area contributed by atoms with Crippen LogP contribution in [0.4, 0.5) is 18.9 Å². The SMILES string of the molecule is Cc1ccccc1-n1cc(CNCCC(=O)Nc2ccc([C@H]3CC[C@H](CC(=O)O)CC3)cc2)c(C(F)(F)F)n1. The average Bonchev–Trinajstić information content (AvgIpc) is 3.32. The van der Waals surface area contributed by atoms with Gasteiger partial charge in [-0.25, -0.2) is 4.68 Å². The number of nitrogens with zero attached hydrogens (tertiary/aromatic N) is 2. The van der Waals surface area contributed by atoms with Gasteiger partial charge in [-0.3, -0.25) is 9.59 Å². The maximum atomic E-state index is 13.6. The van der Waals surface area contributed by atoms with Gasteiger partial charge in [0.25, 0.3) is 0 Å². The first-order valence-electron chi connectivity index (χ1n) is 13.1. The van der Waals surface area contributed by atoms with E-state index in [0.717, 1.165) is 31.2 Å². The third-order valence-electron chi connectivity index (χ3n) is 7.24. The van der Waals surface area contributed by atoms with Crippen molar-refractivity contribution in [3.8, 4) is 5.69 Å². The number of carboxylic acid groups (broad SMARTS) is 1. The Bertz CT molecular complexity index is 1280. The van der Waals surface area contributed by atoms with Crippen LogP contribution in [-0.2, 0) is 22.3 Å². The van der Waals surface area contributed by atoms with Gasteiger partial charge in [0.05, 0.1) is 5.69 Å². The molecule has 10 heteroatoms. The van der Waals surface area contributed by atoms with Crippen molar-refractivity contribution in [3.63, 3.8) is 0 Å². The number of benzene rings is 2. The zero-order chi connectivity index (χ0) is 28.0. The lowest BCUT2D eigenvalue weighted by atomic mass is 9.77. The normalized spacial score (nSPS) is 17.6. The van der Waals surface area contributed by atoms with E-state index in [1.165, 1.54) is 16.4 Å². The Kier molecular flexibility index (Phi) is 9.06. The van der Waals surface area contributed by atoms with Crippen LogP contribution in [0, 0.1) is 12.8 Å². The number of carbonyl (C=O) groups is 2. The molecule has 1 fully saturated rings. The zero-order valence-electron chi connectivity index (χ0n) is 21.8. The Morgan fingerprint density at radius 1 is 1.05 bits per heavy atom. The number of para-hydroxylation sites is 1. The summed E-state index contributed by atoms with van der Waals surface area (Å²) in [5, 5.41) is 18.5. The van der Waals surface area contributed by atoms with Gasteiger partial charge in [0.2, 0.25) is 5.91 Å². The molecule has 39 heavy (non-hydrogen) atoms. The van der Waals surface area contributed by atoms with Gasteiger partial charge >= 0.3 is 12.1 Å². The Morgan fingerprint density at radius 2 is 1.74 bits per heavy atom. The molecule has 3 N–H and O–H groups in total. The molecule has 0 atom stereocenters. The number of hydrogen-bond acceptors (Lipinski definition) is 4. The summed E-state index contributed by atoms with van der Waals surface area (Å²) in [6, 6.07) is 14.7. The fraction of sp³-hybridized carbons (Fsp3) is 0.414. The largest absolute Gasteiger partial charge is 0.481 e. The number of aliphatic carboxylic acids is 1. The monoisotopic (exact) mass is 542 g/mol. The van der Waals surface area contributed by atoms with Crippen molar-refractivity contribution in [3.05, 3.63) is 77.1 Å². The van der Waals surface area contributed by atoms with E-state index in [2.05, 4.69) is 15.7 Å². The third-order valence-corrected chi connectivity index (χ3v) is 7.24. The summed E-state index contributed by atoms with van der Waals surface area (Å²) in [7, 11) is 0. The summed E-state index contributed by atoms with van der Waals surface area (Å²) < 4.78 is 42.0. The zero-order valence-corrected chi connectivity index (χ0v) is 21.8. The lowest BCUT2D eigenvalue weighted by Gasteiger charge is -2.28. The Morgan fingerprint density at radius 3 is 2.38 bits per heavy atom. The van der Waals surface area contributed by atoms with Gasteiger partial charge in [0.1, 0.15) is 0 Å². The molecule has 0 saturated heterocycles. The molecule has 0 bridgehead atoms. The van der Waals surface area contributed by atoms with E-state index in [9.17, 15) is 22.8 Å². The molecule has 2 aromatic carbocycles. The number of aromatic nitrogens is 2. The minimum atomic E-state index is -4.59. The van der Waals surface area contributed by atoms with E-state index in [4.69, 9.17) is 5.11 Å². The molecule has 0 aliphatic heterocycles. The number of rotatable bonds is 10. The number of aryl methyl sites for hydroxylation is 1. The van der Waals surface area contributed by atoms with Crippen LogP contribution in [-0.4, -0.2) is 33.3 Å². The number of alkyl halides is 3. The summed E-state index contributed by atoms with van der Waals surface area (Å²) in [5.74, 6) is -0.346. The van der Waals surface area contributed by atoms with E-state index >= 15 is 0 Å². The summed E-state index contributed by atoms with van der Waals surface area (Å²) in [5.41, 5.74) is 2.28. The predicted octanol–water partition coefficient (Wildman–Crippen LogP) is 6.07. The Labute approximate surface area is 225 Å². The van der Waals surface area contributed by atoms with Crippen molar-refractivity contribution in [1.29, 1.82) is 0 Å². The molecule has 0 radical (unpaired) electrons. The highest BCUT2D eigenvalue weighted by molar-refractivity contribution is 5.90. The number of halogens is 3. The second kappa shape index (κ2) is 12.5. The van der Waals surface area contributed by atoms with Gasteiger partial charge in [-0.05, 0) is 73.8 Å². The van der Waals surface area contributed by atoms with E-state index in [1.54, 1.807) is 12.1 Å². The first-order valence-corrected chi connectivity index (χ1v) is 13.1. The molecular weight excluding hydrogens is 509 g/mol. The average molecular weight is 543 g/mol. The van der Waals surface area contributed by atoms with E-state index < -0.39 is 17.8 Å². The number of amides is 1. The van der Waals surface area contributed by atoms with Crippen molar-refractivity contribution in [2.75, 3.05) is 11.9 Å². The van der Waals surface area contributed by atoms with Crippen LogP contribution in [0.5, 0.6) is 0 Å². The van der Waals surface area contributed by atoms with Crippen LogP contribution < -0.4 is 10.6 Å². The highest BCUT2D eigenvalue weighted by Gasteiger charge is 2.37. The minimum Gasteiger partial charge on any atom is -0.481 e. The van der Waals surface area contributed by atoms with Crippen molar-refractivity contribution >= 4 is 17.6 Å². The fourth-order valence-electron chi connectivity index (χ4n) is 5.16. The predicted molar refractivity (Wildman–Crippen MR) is 142 cm³/mol.